The van der Waals surface area contributed by atoms with Gasteiger partial charge in [0, 0.05) is 20.8 Å². The molecule has 36 heavy (non-hydrogen) atoms. The molecule has 0 spiro atoms. The lowest BCUT2D eigenvalue weighted by molar-refractivity contribution is -0.150. The van der Waals surface area contributed by atoms with Crippen molar-refractivity contribution in [2.24, 2.45) is 0 Å². The average Bonchev–Trinajstić information content (AvgIpc) is 2.85. The zero-order valence-corrected chi connectivity index (χ0v) is 21.7. The fourth-order valence-electron chi connectivity index (χ4n) is 3.93. The Labute approximate surface area is 214 Å². The van der Waals surface area contributed by atoms with E-state index in [0.717, 1.165) is 30.6 Å². The van der Waals surface area contributed by atoms with Crippen LogP contribution in [0.3, 0.4) is 0 Å². The molecule has 7 nitrogen and oxygen atoms in total. The van der Waals surface area contributed by atoms with Crippen molar-refractivity contribution in [3.8, 4) is 5.75 Å². The van der Waals surface area contributed by atoms with E-state index in [4.69, 9.17) is 14.2 Å². The van der Waals surface area contributed by atoms with Crippen LogP contribution in [-0.2, 0) is 36.7 Å². The summed E-state index contributed by atoms with van der Waals surface area (Å²) < 4.78 is 16.3. The van der Waals surface area contributed by atoms with E-state index in [-0.39, 0.29) is 19.1 Å². The summed E-state index contributed by atoms with van der Waals surface area (Å²) in [4.78, 5) is 34.6. The van der Waals surface area contributed by atoms with Crippen molar-refractivity contribution in [2.45, 2.75) is 71.3 Å². The van der Waals surface area contributed by atoms with Gasteiger partial charge in [0.2, 0.25) is 5.91 Å². The molecule has 0 aromatic heterocycles. The first-order chi connectivity index (χ1) is 17.3. The summed E-state index contributed by atoms with van der Waals surface area (Å²) in [5, 5.41) is 2.83. The van der Waals surface area contributed by atoms with Gasteiger partial charge in [0.15, 0.2) is 0 Å². The highest BCUT2D eigenvalue weighted by Crippen LogP contribution is 2.20. The van der Waals surface area contributed by atoms with Gasteiger partial charge in [-0.05, 0) is 55.4 Å². The van der Waals surface area contributed by atoms with Gasteiger partial charge in [0.25, 0.3) is 0 Å². The fourth-order valence-corrected chi connectivity index (χ4v) is 3.93. The minimum absolute atomic E-state index is 0.0816. The summed E-state index contributed by atoms with van der Waals surface area (Å²) >= 11 is 0. The number of aryl methyl sites for hydroxylation is 2. The number of carbonyl (C=O) groups excluding carboxylic acids is 3. The largest absolute Gasteiger partial charge is 0.494 e. The Morgan fingerprint density at radius 1 is 0.722 bits per heavy atom. The summed E-state index contributed by atoms with van der Waals surface area (Å²) in [6.45, 7) is 4.50. The van der Waals surface area contributed by atoms with Crippen LogP contribution in [0.1, 0.15) is 64.0 Å². The van der Waals surface area contributed by atoms with Gasteiger partial charge in [-0.1, -0.05) is 55.3 Å². The number of amides is 1. The Kier molecular flexibility index (Phi) is 12.5. The lowest BCUT2D eigenvalue weighted by Crippen LogP contribution is -2.55. The van der Waals surface area contributed by atoms with Crippen molar-refractivity contribution in [2.75, 3.05) is 19.8 Å². The zero-order valence-electron chi connectivity index (χ0n) is 21.7. The molecule has 0 heterocycles. The molecular formula is C29H39NO6. The van der Waals surface area contributed by atoms with Crippen molar-refractivity contribution in [3.63, 3.8) is 0 Å². The number of nitrogens with one attached hydrogen (secondary N) is 1. The molecule has 0 saturated heterocycles. The highest BCUT2D eigenvalue weighted by Gasteiger charge is 2.34. The number of hydrogen-bond acceptors (Lipinski definition) is 6. The smallest absolute Gasteiger partial charge is 0.302 e. The summed E-state index contributed by atoms with van der Waals surface area (Å²) in [6, 6.07) is 18.4. The third kappa shape index (κ3) is 11.9. The van der Waals surface area contributed by atoms with Crippen LogP contribution in [-0.4, -0.2) is 43.2 Å². The lowest BCUT2D eigenvalue weighted by Gasteiger charge is -2.33. The molecule has 0 atom stereocenters. The molecule has 1 amide bonds. The molecule has 2 aromatic carbocycles. The normalized spacial score (nSPS) is 11.0. The Hall–Kier alpha value is -3.35. The molecule has 0 saturated carbocycles. The third-order valence-corrected chi connectivity index (χ3v) is 5.83. The maximum atomic E-state index is 11.8. The number of ether oxygens (including phenoxy) is 3. The van der Waals surface area contributed by atoms with Gasteiger partial charge in [0.1, 0.15) is 24.5 Å². The minimum atomic E-state index is -1.00. The van der Waals surface area contributed by atoms with Gasteiger partial charge >= 0.3 is 11.9 Å². The molecule has 0 aliphatic heterocycles. The van der Waals surface area contributed by atoms with Crippen LogP contribution in [0.15, 0.2) is 54.6 Å². The van der Waals surface area contributed by atoms with E-state index in [0.29, 0.717) is 19.4 Å². The van der Waals surface area contributed by atoms with Crippen LogP contribution in [0.5, 0.6) is 5.75 Å². The van der Waals surface area contributed by atoms with Crippen LogP contribution < -0.4 is 10.1 Å². The summed E-state index contributed by atoms with van der Waals surface area (Å²) in [7, 11) is 0. The number of hydrogen-bond donors (Lipinski definition) is 1. The molecule has 0 aliphatic carbocycles. The van der Waals surface area contributed by atoms with E-state index in [2.05, 4.69) is 29.6 Å². The summed E-state index contributed by atoms with van der Waals surface area (Å²) in [6.07, 6.45) is 6.67. The van der Waals surface area contributed by atoms with E-state index in [1.54, 1.807) is 0 Å². The number of esters is 2. The second kappa shape index (κ2) is 15.6. The number of carbonyl (C=O) groups is 3. The average molecular weight is 498 g/mol. The van der Waals surface area contributed by atoms with Crippen molar-refractivity contribution in [3.05, 3.63) is 65.7 Å². The van der Waals surface area contributed by atoms with Gasteiger partial charge < -0.3 is 19.5 Å². The monoisotopic (exact) mass is 497 g/mol. The molecule has 0 radical (unpaired) electrons. The maximum absolute atomic E-state index is 11.8. The molecule has 196 valence electrons. The second-order valence-corrected chi connectivity index (χ2v) is 9.16. The number of rotatable bonds is 16. The zero-order chi connectivity index (χ0) is 26.2. The molecular weight excluding hydrogens is 458 g/mol. The standard InChI is InChI=1S/C29H39NO6/c1-23(31)30-29(21-35-24(2)32,22-36-25(3)33)19-18-27-14-16-28(17-15-27)34-20-10-5-4-7-11-26-12-8-6-9-13-26/h6,8-9,12-17H,4-5,7,10-11,18-22H2,1-3H3,(H,30,31). The van der Waals surface area contributed by atoms with Crippen LogP contribution in [0.4, 0.5) is 0 Å². The van der Waals surface area contributed by atoms with Crippen LogP contribution in [0.25, 0.3) is 0 Å². The van der Waals surface area contributed by atoms with Gasteiger partial charge in [-0.2, -0.15) is 0 Å². The molecule has 2 rings (SSSR count). The highest BCUT2D eigenvalue weighted by molar-refractivity contribution is 5.74. The van der Waals surface area contributed by atoms with Crippen molar-refractivity contribution in [1.29, 1.82) is 0 Å². The van der Waals surface area contributed by atoms with E-state index < -0.39 is 17.5 Å². The lowest BCUT2D eigenvalue weighted by atomic mass is 9.92. The Balaban J connectivity index is 1.79. The van der Waals surface area contributed by atoms with E-state index >= 15 is 0 Å². The number of unbranched alkanes of at least 4 members (excludes halogenated alkanes) is 3. The van der Waals surface area contributed by atoms with Crippen molar-refractivity contribution in [1.82, 2.24) is 5.32 Å². The second-order valence-electron chi connectivity index (χ2n) is 9.16. The minimum Gasteiger partial charge on any atom is -0.494 e. The first-order valence-electron chi connectivity index (χ1n) is 12.6. The van der Waals surface area contributed by atoms with Crippen LogP contribution >= 0.6 is 0 Å². The summed E-state index contributed by atoms with van der Waals surface area (Å²) in [5.74, 6) is -0.412. The topological polar surface area (TPSA) is 90.9 Å². The fraction of sp³-hybridized carbons (Fsp3) is 0.483. The first kappa shape index (κ1) is 28.9. The van der Waals surface area contributed by atoms with Gasteiger partial charge in [-0.25, -0.2) is 0 Å². The predicted molar refractivity (Wildman–Crippen MR) is 139 cm³/mol. The number of benzene rings is 2. The van der Waals surface area contributed by atoms with Gasteiger partial charge in [0.05, 0.1) is 6.61 Å². The predicted octanol–water partition coefficient (Wildman–Crippen LogP) is 4.80. The van der Waals surface area contributed by atoms with E-state index in [1.165, 1.54) is 39.2 Å². The summed E-state index contributed by atoms with van der Waals surface area (Å²) in [5.41, 5.74) is 1.42. The van der Waals surface area contributed by atoms with E-state index in [1.807, 2.05) is 30.3 Å². The van der Waals surface area contributed by atoms with Crippen molar-refractivity contribution < 1.29 is 28.6 Å². The molecule has 0 aliphatic rings. The molecule has 0 bridgehead atoms. The molecule has 7 heteroatoms. The SMILES string of the molecule is CC(=O)NC(CCc1ccc(OCCCCCCc2ccccc2)cc1)(COC(C)=O)COC(C)=O. The Morgan fingerprint density at radius 2 is 1.31 bits per heavy atom. The third-order valence-electron chi connectivity index (χ3n) is 5.83. The van der Waals surface area contributed by atoms with Crippen LogP contribution in [0, 0.1) is 0 Å². The quantitative estimate of drug-likeness (QED) is 0.265. The first-order valence-corrected chi connectivity index (χ1v) is 12.6. The molecule has 1 N–H and O–H groups in total. The molecule has 0 fully saturated rings. The Bertz CT molecular complexity index is 924. The highest BCUT2D eigenvalue weighted by atomic mass is 16.5. The van der Waals surface area contributed by atoms with Crippen molar-refractivity contribution >= 4 is 17.8 Å². The van der Waals surface area contributed by atoms with Gasteiger partial charge in [-0.3, -0.25) is 14.4 Å². The van der Waals surface area contributed by atoms with Crippen LogP contribution in [0.2, 0.25) is 0 Å². The van der Waals surface area contributed by atoms with E-state index in [9.17, 15) is 14.4 Å². The Morgan fingerprint density at radius 3 is 1.89 bits per heavy atom. The maximum Gasteiger partial charge on any atom is 0.302 e. The van der Waals surface area contributed by atoms with Gasteiger partial charge in [-0.15, -0.1) is 0 Å². The molecule has 0 unspecified atom stereocenters. The molecule has 2 aromatic rings.